The molecule has 2 heterocycles. The lowest BCUT2D eigenvalue weighted by Crippen LogP contribution is -2.45. The lowest BCUT2D eigenvalue weighted by molar-refractivity contribution is -0.00549. The van der Waals surface area contributed by atoms with Crippen molar-refractivity contribution in [1.82, 2.24) is 9.97 Å². The fourth-order valence-electron chi connectivity index (χ4n) is 2.00. The molecule has 0 aliphatic carbocycles. The average Bonchev–Trinajstić information content (AvgIpc) is 2.26. The van der Waals surface area contributed by atoms with E-state index in [0.29, 0.717) is 10.3 Å². The molecule has 0 aromatic carbocycles. The Kier molecular flexibility index (Phi) is 4.12. The third kappa shape index (κ3) is 3.24. The molecule has 4 nitrogen and oxygen atoms in total. The normalized spacial score (nSPS) is 25.1. The van der Waals surface area contributed by atoms with Crippen LogP contribution in [0.1, 0.15) is 13.8 Å². The van der Waals surface area contributed by atoms with Crippen molar-refractivity contribution in [3.63, 3.8) is 0 Å². The highest BCUT2D eigenvalue weighted by molar-refractivity contribution is 7.98. The van der Waals surface area contributed by atoms with Gasteiger partial charge in [0, 0.05) is 19.2 Å². The minimum Gasteiger partial charge on any atom is -0.372 e. The third-order valence-electron chi connectivity index (χ3n) is 2.59. The molecule has 1 aliphatic rings. The first kappa shape index (κ1) is 12.9. The van der Waals surface area contributed by atoms with Crippen molar-refractivity contribution in [3.05, 3.63) is 11.2 Å². The molecule has 6 heteroatoms. The molecule has 94 valence electrons. The number of hydrogen-bond acceptors (Lipinski definition) is 5. The molecule has 1 aromatic heterocycles. The summed E-state index contributed by atoms with van der Waals surface area (Å²) in [6.07, 6.45) is 2.37. The Bertz CT molecular complexity index is 394. The first-order valence-corrected chi connectivity index (χ1v) is 7.17. The van der Waals surface area contributed by atoms with Gasteiger partial charge in [0.15, 0.2) is 5.16 Å². The highest BCUT2D eigenvalue weighted by atomic mass is 35.5. The number of halogens is 1. The molecule has 0 amide bonds. The van der Waals surface area contributed by atoms with Gasteiger partial charge in [-0.1, -0.05) is 23.4 Å². The number of hydrogen-bond donors (Lipinski definition) is 0. The number of nitrogens with zero attached hydrogens (tertiary/aromatic N) is 3. The molecule has 0 saturated carbocycles. The van der Waals surface area contributed by atoms with Gasteiger partial charge in [-0.25, -0.2) is 9.97 Å². The van der Waals surface area contributed by atoms with Crippen LogP contribution in [-0.2, 0) is 4.74 Å². The van der Waals surface area contributed by atoms with Crippen LogP contribution in [0.3, 0.4) is 0 Å². The Morgan fingerprint density at radius 3 is 2.59 bits per heavy atom. The first-order chi connectivity index (χ1) is 8.08. The smallest absolute Gasteiger partial charge is 0.190 e. The predicted molar refractivity (Wildman–Crippen MR) is 71.0 cm³/mol. The Hall–Kier alpha value is -0.520. The van der Waals surface area contributed by atoms with E-state index in [1.165, 1.54) is 11.8 Å². The molecule has 2 rings (SSSR count). The van der Waals surface area contributed by atoms with Crippen molar-refractivity contribution >= 4 is 29.2 Å². The quantitative estimate of drug-likeness (QED) is 0.470. The maximum Gasteiger partial charge on any atom is 0.190 e. The van der Waals surface area contributed by atoms with E-state index < -0.39 is 0 Å². The highest BCUT2D eigenvalue weighted by Gasteiger charge is 2.23. The second-order valence-corrected chi connectivity index (χ2v) is 5.36. The Labute approximate surface area is 111 Å². The van der Waals surface area contributed by atoms with E-state index in [1.807, 2.05) is 12.3 Å². The van der Waals surface area contributed by atoms with E-state index in [4.69, 9.17) is 16.3 Å². The molecule has 1 fully saturated rings. The summed E-state index contributed by atoms with van der Waals surface area (Å²) in [5.74, 6) is 0.886. The predicted octanol–water partition coefficient (Wildman–Crippen LogP) is 2.47. The fourth-order valence-corrected chi connectivity index (χ4v) is 2.61. The summed E-state index contributed by atoms with van der Waals surface area (Å²) in [6.45, 7) is 5.82. The molecule has 0 N–H and O–H groups in total. The lowest BCUT2D eigenvalue weighted by atomic mass is 10.2. The van der Waals surface area contributed by atoms with E-state index in [2.05, 4.69) is 28.7 Å². The van der Waals surface area contributed by atoms with Crippen LogP contribution in [0.4, 0.5) is 5.82 Å². The van der Waals surface area contributed by atoms with Gasteiger partial charge in [0.2, 0.25) is 0 Å². The Morgan fingerprint density at radius 1 is 1.35 bits per heavy atom. The van der Waals surface area contributed by atoms with Crippen molar-refractivity contribution in [2.45, 2.75) is 31.2 Å². The van der Waals surface area contributed by atoms with E-state index in [1.54, 1.807) is 0 Å². The van der Waals surface area contributed by atoms with Gasteiger partial charge >= 0.3 is 0 Å². The molecule has 0 spiro atoms. The SMILES string of the molecule is CSc1nc(Cl)cc(N2C[C@@H](C)O[C@@H](C)C2)n1. The van der Waals surface area contributed by atoms with Crippen LogP contribution in [0, 0.1) is 0 Å². The van der Waals surface area contributed by atoms with Crippen LogP contribution >= 0.6 is 23.4 Å². The number of thioether (sulfide) groups is 1. The van der Waals surface area contributed by atoms with E-state index in [-0.39, 0.29) is 12.2 Å². The van der Waals surface area contributed by atoms with Gasteiger partial charge in [-0.3, -0.25) is 0 Å². The molecule has 1 saturated heterocycles. The molecule has 0 bridgehead atoms. The third-order valence-corrected chi connectivity index (χ3v) is 3.33. The minimum atomic E-state index is 0.213. The van der Waals surface area contributed by atoms with Gasteiger partial charge in [-0.2, -0.15) is 0 Å². The zero-order valence-corrected chi connectivity index (χ0v) is 11.8. The second kappa shape index (κ2) is 5.42. The van der Waals surface area contributed by atoms with Crippen molar-refractivity contribution in [2.75, 3.05) is 24.2 Å². The van der Waals surface area contributed by atoms with Crippen LogP contribution in [0.5, 0.6) is 0 Å². The molecule has 17 heavy (non-hydrogen) atoms. The molecule has 2 atom stereocenters. The van der Waals surface area contributed by atoms with Crippen LogP contribution in [-0.4, -0.2) is 41.5 Å². The van der Waals surface area contributed by atoms with Crippen molar-refractivity contribution in [3.8, 4) is 0 Å². The minimum absolute atomic E-state index is 0.213. The van der Waals surface area contributed by atoms with E-state index >= 15 is 0 Å². The zero-order valence-electron chi connectivity index (χ0n) is 10.2. The number of morpholine rings is 1. The molecule has 0 unspecified atom stereocenters. The van der Waals surface area contributed by atoms with Gasteiger partial charge in [-0.15, -0.1) is 0 Å². The number of ether oxygens (including phenoxy) is 1. The average molecular weight is 274 g/mol. The molecular formula is C11H16ClN3OS. The summed E-state index contributed by atoms with van der Waals surface area (Å²) in [5, 5.41) is 1.20. The standard InChI is InChI=1S/C11H16ClN3OS/c1-7-5-15(6-8(2)16-7)10-4-9(12)13-11(14-10)17-3/h4,7-8H,5-6H2,1-3H3/t7-,8+. The summed E-state index contributed by atoms with van der Waals surface area (Å²) < 4.78 is 5.70. The largest absolute Gasteiger partial charge is 0.372 e. The molecular weight excluding hydrogens is 258 g/mol. The van der Waals surface area contributed by atoms with Gasteiger partial charge in [0.1, 0.15) is 11.0 Å². The van der Waals surface area contributed by atoms with Crippen molar-refractivity contribution < 1.29 is 4.74 Å². The summed E-state index contributed by atoms with van der Waals surface area (Å²) >= 11 is 7.50. The Balaban J connectivity index is 2.23. The maximum atomic E-state index is 6.00. The molecule has 0 radical (unpaired) electrons. The second-order valence-electron chi connectivity index (χ2n) is 4.20. The summed E-state index contributed by atoms with van der Waals surface area (Å²) in [5.41, 5.74) is 0. The monoisotopic (exact) mass is 273 g/mol. The Morgan fingerprint density at radius 2 is 2.00 bits per heavy atom. The van der Waals surface area contributed by atoms with E-state index in [9.17, 15) is 0 Å². The summed E-state index contributed by atoms with van der Waals surface area (Å²) in [6, 6.07) is 1.81. The van der Waals surface area contributed by atoms with Gasteiger partial charge < -0.3 is 9.64 Å². The molecule has 1 aromatic rings. The summed E-state index contributed by atoms with van der Waals surface area (Å²) in [4.78, 5) is 10.8. The molecule has 1 aliphatic heterocycles. The van der Waals surface area contributed by atoms with Crippen LogP contribution < -0.4 is 4.90 Å². The highest BCUT2D eigenvalue weighted by Crippen LogP contribution is 2.23. The van der Waals surface area contributed by atoms with Gasteiger partial charge in [0.05, 0.1) is 12.2 Å². The number of anilines is 1. The van der Waals surface area contributed by atoms with Gasteiger partial charge in [0.25, 0.3) is 0 Å². The lowest BCUT2D eigenvalue weighted by Gasteiger charge is -2.36. The van der Waals surface area contributed by atoms with Crippen molar-refractivity contribution in [2.24, 2.45) is 0 Å². The number of aromatic nitrogens is 2. The number of rotatable bonds is 2. The van der Waals surface area contributed by atoms with Gasteiger partial charge in [-0.05, 0) is 20.1 Å². The first-order valence-electron chi connectivity index (χ1n) is 5.57. The van der Waals surface area contributed by atoms with Crippen LogP contribution in [0.2, 0.25) is 5.15 Å². The topological polar surface area (TPSA) is 38.2 Å². The van der Waals surface area contributed by atoms with Crippen LogP contribution in [0.15, 0.2) is 11.2 Å². The van der Waals surface area contributed by atoms with Crippen LogP contribution in [0.25, 0.3) is 0 Å². The summed E-state index contributed by atoms with van der Waals surface area (Å²) in [7, 11) is 0. The zero-order chi connectivity index (χ0) is 12.4. The maximum absolute atomic E-state index is 6.00. The van der Waals surface area contributed by atoms with Crippen molar-refractivity contribution in [1.29, 1.82) is 0 Å². The fraction of sp³-hybridized carbons (Fsp3) is 0.636. The van der Waals surface area contributed by atoms with E-state index in [0.717, 1.165) is 18.9 Å².